The molecule has 0 unspecified atom stereocenters. The molecule has 4 aliphatic carbocycles. The average Bonchev–Trinajstić information content (AvgIpc) is 1.44. The molecule has 0 radical (unpaired) electrons. The van der Waals surface area contributed by atoms with Crippen molar-refractivity contribution in [2.24, 2.45) is 28.2 Å². The summed E-state index contributed by atoms with van der Waals surface area (Å²) in [4.78, 5) is 0. The molecule has 8 aromatic rings. The zero-order chi connectivity index (χ0) is 73.0. The highest BCUT2D eigenvalue weighted by molar-refractivity contribution is 5.68. The monoisotopic (exact) mass is 1000 g/mol. The summed E-state index contributed by atoms with van der Waals surface area (Å²) < 4.78 is 198. The van der Waals surface area contributed by atoms with Crippen molar-refractivity contribution < 1.29 is 51.2 Å². The summed E-state index contributed by atoms with van der Waals surface area (Å²) in [6.45, 7) is -1.23. The molecule has 4 aliphatic rings. The molecule has 0 saturated carbocycles. The summed E-state index contributed by atoms with van der Waals surface area (Å²) in [5.74, 6) is 0. The normalized spacial score (nSPS) is 23.6. The summed E-state index contributed by atoms with van der Waals surface area (Å²) in [6, 6.07) is 27.2. The fraction of sp³-hybridized carbons (Fsp3) is 0.371. The van der Waals surface area contributed by atoms with Gasteiger partial charge in [-0.25, -0.2) is 18.3 Å². The average molecular weight is 1010 g/mol. The maximum absolute atomic E-state index is 8.48. The molecule has 0 aliphatic heterocycles. The quantitative estimate of drug-likeness (QED) is 0.156. The summed E-state index contributed by atoms with van der Waals surface area (Å²) in [6.07, 6.45) is 1.74. The zero-order valence-electron chi connectivity index (χ0n) is 68.0. The van der Waals surface area contributed by atoms with E-state index in [1.165, 1.54) is 6.07 Å². The second kappa shape index (κ2) is 22.9. The number of aromatic nitrogens is 4. The van der Waals surface area contributed by atoms with Gasteiger partial charge in [-0.3, -0.25) is 0 Å². The molecule has 4 aromatic heterocycles. The van der Waals surface area contributed by atoms with Gasteiger partial charge in [-0.05, 0) is 213 Å². The van der Waals surface area contributed by atoms with Gasteiger partial charge in [0.25, 0.3) is 0 Å². The molecular weight excluding hydrogens is 897 g/mol. The van der Waals surface area contributed by atoms with Crippen LogP contribution in [0.5, 0.6) is 0 Å². The van der Waals surface area contributed by atoms with Gasteiger partial charge < -0.3 is 0 Å². The summed E-state index contributed by atoms with van der Waals surface area (Å²) in [5, 5.41) is 0. The van der Waals surface area contributed by atoms with E-state index in [1.807, 2.05) is 73.7 Å². The summed E-state index contributed by atoms with van der Waals surface area (Å²) in [7, 11) is 7.49. The third-order valence-corrected chi connectivity index (χ3v) is 14.3. The molecule has 4 heteroatoms. The van der Waals surface area contributed by atoms with Gasteiger partial charge in [0, 0.05) is 102 Å². The van der Waals surface area contributed by atoms with E-state index >= 15 is 0 Å². The number of benzene rings is 4. The predicted octanol–water partition coefficient (Wildman–Crippen LogP) is 13.9. The fourth-order valence-electron chi connectivity index (χ4n) is 10.5. The van der Waals surface area contributed by atoms with Crippen LogP contribution in [0.2, 0.25) is 0 Å². The van der Waals surface area contributed by atoms with Gasteiger partial charge in [0.1, 0.15) is 28.2 Å². The van der Waals surface area contributed by atoms with E-state index in [4.69, 9.17) is 32.9 Å². The molecule has 0 fully saturated rings. The van der Waals surface area contributed by atoms with E-state index in [9.17, 15) is 0 Å². The molecule has 0 amide bonds. The number of hydrogen-bond donors (Lipinski definition) is 0. The highest BCUT2D eigenvalue weighted by atomic mass is 14.9. The maximum Gasteiger partial charge on any atom is 0.216 e. The Morgan fingerprint density at radius 1 is 0.351 bits per heavy atom. The Morgan fingerprint density at radius 2 is 0.716 bits per heavy atom. The van der Waals surface area contributed by atoms with Crippen molar-refractivity contribution >= 4 is 0 Å². The molecule has 0 bridgehead atoms. The SMILES string of the molecule is [2H]C([2H])([2H])c1ccc(-c2c3c(cc[n+]2C)C([2H])([2H])CC3([2H])[2H])c(C)c1.[2H]C([2H])([2H])c1ccc(-c2c3c(cc[n+]2C)C([2H])([2H])CCC3([2H])[2H])c(C)c1.[2H]C([2H])([2H])c1ccc(-c2cc3c(c[n+]2C)CCC3([2H])[2H])c(C)c1.[2H]C([2H])([2H])c1ccc(-c2cc3c(c[n+]2C)CCCC3([2H])[2H])c(C)c1. The number of rotatable bonds is 4. The Morgan fingerprint density at radius 3 is 1.16 bits per heavy atom. The van der Waals surface area contributed by atoms with Gasteiger partial charge in [-0.1, -0.05) is 70.8 Å². The number of nitrogens with zero attached hydrogens (tertiary/aromatic N) is 4. The molecule has 380 valence electrons. The van der Waals surface area contributed by atoms with E-state index in [2.05, 4.69) is 0 Å². The van der Waals surface area contributed by atoms with Crippen molar-refractivity contribution in [2.75, 3.05) is 0 Å². The second-order valence-corrected chi connectivity index (χ2v) is 19.8. The van der Waals surface area contributed by atoms with E-state index in [0.29, 0.717) is 63.2 Å². The van der Waals surface area contributed by atoms with Crippen LogP contribution in [0.3, 0.4) is 0 Å². The summed E-state index contributed by atoms with van der Waals surface area (Å²) in [5.41, 5.74) is 15.8. The van der Waals surface area contributed by atoms with Crippen molar-refractivity contribution in [2.45, 2.75) is 145 Å². The van der Waals surface area contributed by atoms with E-state index < -0.39 is 65.6 Å². The zero-order valence-corrected chi connectivity index (χ0v) is 44.0. The van der Waals surface area contributed by atoms with Gasteiger partial charge in [-0.2, -0.15) is 0 Å². The van der Waals surface area contributed by atoms with Crippen LogP contribution in [0.25, 0.3) is 45.0 Å². The lowest BCUT2D eigenvalue weighted by atomic mass is 9.87. The highest BCUT2D eigenvalue weighted by Gasteiger charge is 2.26. The molecule has 12 rings (SSSR count). The topological polar surface area (TPSA) is 15.5 Å². The predicted molar refractivity (Wildman–Crippen MR) is 307 cm³/mol. The standard InChI is InChI=1S/2C18H22N.2C17H20N/c1-13-8-9-17(14(2)10-13)18-11-15-6-4-5-7-16(15)12-19(18)3;1-13-8-9-16(14(2)12-13)18-17-7-5-4-6-15(17)10-11-19(18)3;1-12-7-8-16(13(2)9-12)17-10-14-5-4-6-15(14)11-18(17)3;1-12-7-8-15(13(2)11-12)17-16-6-4-5-14(16)9-10-18(17)3/h2*8-12H,4-7H2,1-3H3;2*7-11H,4-6H2,1-3H3/q4*+1/i1D3,6D2;1D3,6D2,7D2;1D3,5D2;1D3,5D2,6D2. The first-order valence-electron chi connectivity index (χ1n) is 37.5. The molecule has 0 saturated heterocycles. The number of fused-ring (bicyclic) bond motifs is 4. The molecule has 0 spiro atoms. The van der Waals surface area contributed by atoms with E-state index in [1.54, 1.807) is 116 Å². The lowest BCUT2D eigenvalue weighted by Crippen LogP contribution is -2.33. The second-order valence-electron chi connectivity index (χ2n) is 19.8. The molecule has 4 heterocycles. The minimum atomic E-state index is -2.20. The number of aryl methyl sites for hydroxylation is 18. The molecule has 74 heavy (non-hydrogen) atoms. The molecule has 4 nitrogen and oxygen atoms in total. The van der Waals surface area contributed by atoms with Gasteiger partial charge in [-0.15, -0.1) is 0 Å². The van der Waals surface area contributed by atoms with Crippen LogP contribution < -0.4 is 18.3 Å². The lowest BCUT2D eigenvalue weighted by molar-refractivity contribution is -0.661. The van der Waals surface area contributed by atoms with Gasteiger partial charge in [0.05, 0.1) is 0 Å². The Labute approximate surface area is 479 Å². The molecule has 4 aromatic carbocycles. The Balaban J connectivity index is 0.000000153. The van der Waals surface area contributed by atoms with Crippen molar-refractivity contribution in [1.29, 1.82) is 0 Å². The van der Waals surface area contributed by atoms with Crippen LogP contribution in [0.15, 0.2) is 122 Å². The molecular formula is C70H84N4+4. The summed E-state index contributed by atoms with van der Waals surface area (Å²) >= 11 is 0. The molecule has 0 atom stereocenters. The Bertz CT molecular complexity index is 4400. The van der Waals surface area contributed by atoms with E-state index in [0.717, 1.165) is 91.8 Å². The lowest BCUT2D eigenvalue weighted by Gasteiger charge is -2.18. The minimum Gasteiger partial charge on any atom is -0.201 e. The largest absolute Gasteiger partial charge is 0.216 e. The van der Waals surface area contributed by atoms with Gasteiger partial charge >= 0.3 is 0 Å². The van der Waals surface area contributed by atoms with E-state index in [-0.39, 0.29) is 30.4 Å². The van der Waals surface area contributed by atoms with Gasteiger partial charge in [0.15, 0.2) is 24.8 Å². The van der Waals surface area contributed by atoms with Crippen LogP contribution in [0.1, 0.15) is 160 Å². The van der Waals surface area contributed by atoms with Crippen molar-refractivity contribution in [3.05, 3.63) is 211 Å². The smallest absolute Gasteiger partial charge is 0.201 e. The van der Waals surface area contributed by atoms with Crippen LogP contribution in [-0.2, 0) is 79.3 Å². The van der Waals surface area contributed by atoms with Crippen molar-refractivity contribution in [3.63, 3.8) is 0 Å². The number of pyridine rings is 4. The van der Waals surface area contributed by atoms with Crippen LogP contribution >= 0.6 is 0 Å². The van der Waals surface area contributed by atoms with Crippen LogP contribution in [-0.4, -0.2) is 0 Å². The van der Waals surface area contributed by atoms with Gasteiger partial charge in [0.2, 0.25) is 22.8 Å². The highest BCUT2D eigenvalue weighted by Crippen LogP contribution is 2.34. The van der Waals surface area contributed by atoms with Crippen molar-refractivity contribution in [1.82, 2.24) is 0 Å². The van der Waals surface area contributed by atoms with Crippen LogP contribution in [0.4, 0.5) is 0 Å². The first kappa shape index (κ1) is 30.1. The van der Waals surface area contributed by atoms with Crippen LogP contribution in [0, 0.1) is 55.1 Å². The maximum atomic E-state index is 8.48. The molecule has 0 N–H and O–H groups in total. The minimum absolute atomic E-state index is 0.108. The third kappa shape index (κ3) is 11.6. The third-order valence-electron chi connectivity index (χ3n) is 14.3. The first-order chi connectivity index (χ1) is 44.9. The Kier molecular flexibility index (Phi) is 9.34. The fourth-order valence-corrected chi connectivity index (χ4v) is 10.5. The number of hydrogen-bond acceptors (Lipinski definition) is 0. The Hall–Kier alpha value is -6.52. The van der Waals surface area contributed by atoms with Crippen molar-refractivity contribution in [3.8, 4) is 45.0 Å². The first-order valence-corrected chi connectivity index (χ1v) is 25.5.